The van der Waals surface area contributed by atoms with Crippen LogP contribution in [0, 0.1) is 0 Å². The third kappa shape index (κ3) is 9.55. The minimum absolute atomic E-state index is 0.217. The van der Waals surface area contributed by atoms with Crippen molar-refractivity contribution in [3.63, 3.8) is 0 Å². The van der Waals surface area contributed by atoms with Crippen LogP contribution in [0.3, 0.4) is 0 Å². The summed E-state index contributed by atoms with van der Waals surface area (Å²) in [6.07, 6.45) is 10.4. The molecule has 0 amide bonds. The van der Waals surface area contributed by atoms with Crippen molar-refractivity contribution in [3.05, 3.63) is 113 Å². The lowest BCUT2D eigenvalue weighted by atomic mass is 9.82. The van der Waals surface area contributed by atoms with Gasteiger partial charge in [-0.3, -0.25) is 14.3 Å². The van der Waals surface area contributed by atoms with Gasteiger partial charge >= 0.3 is 7.12 Å². The Labute approximate surface area is 317 Å². The predicted molar refractivity (Wildman–Crippen MR) is 206 cm³/mol. The van der Waals surface area contributed by atoms with Crippen LogP contribution in [0.4, 0.5) is 11.4 Å². The van der Waals surface area contributed by atoms with Gasteiger partial charge in [-0.1, -0.05) is 34.8 Å². The molecular weight excluding hydrogens is 726 g/mol. The van der Waals surface area contributed by atoms with E-state index in [9.17, 15) is 0 Å². The third-order valence-corrected chi connectivity index (χ3v) is 9.22. The number of rotatable bonds is 6. The average molecular weight is 764 g/mol. The first-order valence-corrected chi connectivity index (χ1v) is 17.1. The molecule has 0 atom stereocenters. The van der Waals surface area contributed by atoms with Gasteiger partial charge in [0.2, 0.25) is 0 Å². The molecule has 270 valence electrons. The van der Waals surface area contributed by atoms with Crippen LogP contribution in [-0.2, 0) is 23.4 Å². The van der Waals surface area contributed by atoms with E-state index in [0.717, 1.165) is 11.0 Å². The molecule has 0 saturated carbocycles. The molecule has 1 aliphatic rings. The quantitative estimate of drug-likeness (QED) is 0.0971. The maximum absolute atomic E-state index is 6.38. The van der Waals surface area contributed by atoms with Crippen LogP contribution < -0.4 is 26.4 Å². The maximum Gasteiger partial charge on any atom is 0.498 e. The number of halogens is 3. The fourth-order valence-electron chi connectivity index (χ4n) is 4.60. The Morgan fingerprint density at radius 3 is 1.62 bits per heavy atom. The first kappa shape index (κ1) is 38.4. The van der Waals surface area contributed by atoms with Gasteiger partial charge in [0.05, 0.1) is 23.1 Å². The Bertz CT molecular complexity index is 2090. The second kappa shape index (κ2) is 16.3. The van der Waals surface area contributed by atoms with E-state index >= 15 is 0 Å². The molecule has 4 aromatic heterocycles. The zero-order valence-electron chi connectivity index (χ0n) is 29.4. The van der Waals surface area contributed by atoms with E-state index in [1.807, 2.05) is 54.2 Å². The molecule has 7 rings (SSSR count). The van der Waals surface area contributed by atoms with Gasteiger partial charge in [0.25, 0.3) is 0 Å². The van der Waals surface area contributed by atoms with Gasteiger partial charge in [-0.15, -0.1) is 0 Å². The number of benzene rings is 2. The van der Waals surface area contributed by atoms with E-state index in [2.05, 4.69) is 20.2 Å². The lowest BCUT2D eigenvalue weighted by Crippen LogP contribution is -2.41. The van der Waals surface area contributed by atoms with Crippen molar-refractivity contribution < 1.29 is 18.8 Å². The fourth-order valence-corrected chi connectivity index (χ4v) is 5.16. The fraction of sp³-hybridized carbons (Fsp3) is 0.222. The molecule has 5 heterocycles. The summed E-state index contributed by atoms with van der Waals surface area (Å²) in [5.41, 5.74) is 14.4. The highest BCUT2D eigenvalue weighted by atomic mass is 35.5. The van der Waals surface area contributed by atoms with E-state index < -0.39 is 0 Å². The van der Waals surface area contributed by atoms with E-state index in [1.54, 1.807) is 88.6 Å². The normalized spacial score (nSPS) is 14.1. The van der Waals surface area contributed by atoms with Crippen molar-refractivity contribution in [2.45, 2.75) is 38.9 Å². The molecule has 6 aromatic rings. The van der Waals surface area contributed by atoms with Gasteiger partial charge < -0.3 is 30.2 Å². The SMILES string of the molecule is Cn1cc(-c2nccc(Oc3ccc(N)cc3)c2Cl)cn1.Cn1cc(B2OC(C)(C)C(C)(C)O2)cn1.Nc1ccc(Oc2ccnc(Cl)c2Cl)cc1. The summed E-state index contributed by atoms with van der Waals surface area (Å²) in [5.74, 6) is 2.30. The molecule has 1 aliphatic heterocycles. The van der Waals surface area contributed by atoms with Crippen LogP contribution in [0.2, 0.25) is 15.2 Å². The number of nitrogen functional groups attached to an aromatic ring is 2. The molecule has 1 fully saturated rings. The molecule has 1 saturated heterocycles. The number of ether oxygens (including phenoxy) is 2. The molecule has 0 radical (unpaired) electrons. The van der Waals surface area contributed by atoms with Crippen molar-refractivity contribution in [3.8, 4) is 34.3 Å². The Morgan fingerprint density at radius 1 is 0.654 bits per heavy atom. The van der Waals surface area contributed by atoms with Crippen LogP contribution in [0.1, 0.15) is 27.7 Å². The number of pyridine rings is 2. The summed E-state index contributed by atoms with van der Waals surface area (Å²) in [5, 5.41) is 9.19. The smallest absolute Gasteiger partial charge is 0.456 e. The molecule has 4 N–H and O–H groups in total. The zero-order valence-corrected chi connectivity index (χ0v) is 31.7. The Hall–Kier alpha value is -4.79. The van der Waals surface area contributed by atoms with Crippen LogP contribution in [0.5, 0.6) is 23.0 Å². The third-order valence-electron chi connectivity index (χ3n) is 8.11. The summed E-state index contributed by atoms with van der Waals surface area (Å²) in [6, 6.07) is 17.5. The predicted octanol–water partition coefficient (Wildman–Crippen LogP) is 7.99. The molecule has 0 aliphatic carbocycles. The second-order valence-corrected chi connectivity index (χ2v) is 13.8. The van der Waals surface area contributed by atoms with Crippen LogP contribution >= 0.6 is 34.8 Å². The highest BCUT2D eigenvalue weighted by molar-refractivity contribution is 6.62. The van der Waals surface area contributed by atoms with Gasteiger partial charge in [-0.25, -0.2) is 4.98 Å². The highest BCUT2D eigenvalue weighted by Gasteiger charge is 2.52. The Morgan fingerprint density at radius 2 is 1.13 bits per heavy atom. The van der Waals surface area contributed by atoms with Gasteiger partial charge in [0.15, 0.2) is 10.9 Å². The zero-order chi connectivity index (χ0) is 37.6. The van der Waals surface area contributed by atoms with E-state index in [1.165, 1.54) is 6.20 Å². The molecule has 0 unspecified atom stereocenters. The Kier molecular flexibility index (Phi) is 12.0. The minimum atomic E-state index is -0.302. The van der Waals surface area contributed by atoms with E-state index in [0.29, 0.717) is 50.1 Å². The summed E-state index contributed by atoms with van der Waals surface area (Å²) in [7, 11) is 3.42. The topological polar surface area (TPSA) is 150 Å². The number of aryl methyl sites for hydroxylation is 2. The molecule has 0 spiro atoms. The van der Waals surface area contributed by atoms with E-state index in [4.69, 9.17) is 65.1 Å². The van der Waals surface area contributed by atoms with Crippen LogP contribution in [0.15, 0.2) is 97.8 Å². The summed E-state index contributed by atoms with van der Waals surface area (Å²) in [4.78, 5) is 8.12. The van der Waals surface area contributed by atoms with Gasteiger partial charge in [-0.05, 0) is 76.2 Å². The number of hydrogen-bond acceptors (Lipinski definition) is 10. The lowest BCUT2D eigenvalue weighted by Gasteiger charge is -2.32. The summed E-state index contributed by atoms with van der Waals surface area (Å²) >= 11 is 18.1. The van der Waals surface area contributed by atoms with E-state index in [-0.39, 0.29) is 23.5 Å². The number of nitrogens with two attached hydrogens (primary N) is 2. The largest absolute Gasteiger partial charge is 0.498 e. The van der Waals surface area contributed by atoms with Crippen LogP contribution in [-0.4, -0.2) is 47.8 Å². The number of hydrogen-bond donors (Lipinski definition) is 2. The Balaban J connectivity index is 0.000000154. The number of anilines is 2. The second-order valence-electron chi connectivity index (χ2n) is 12.7. The van der Waals surface area contributed by atoms with Crippen molar-refractivity contribution in [2.75, 3.05) is 11.5 Å². The first-order valence-electron chi connectivity index (χ1n) is 16.0. The van der Waals surface area contributed by atoms with Gasteiger partial charge in [0, 0.05) is 79.6 Å². The van der Waals surface area contributed by atoms with Gasteiger partial charge in [0.1, 0.15) is 27.3 Å². The monoisotopic (exact) mass is 762 g/mol. The number of nitrogens with zero attached hydrogens (tertiary/aromatic N) is 6. The number of aromatic nitrogens is 6. The van der Waals surface area contributed by atoms with Crippen molar-refractivity contribution in [1.82, 2.24) is 29.5 Å². The molecule has 52 heavy (non-hydrogen) atoms. The van der Waals surface area contributed by atoms with Crippen molar-refractivity contribution >= 4 is 58.8 Å². The molecule has 2 aromatic carbocycles. The maximum atomic E-state index is 6.38. The van der Waals surface area contributed by atoms with Crippen molar-refractivity contribution in [2.24, 2.45) is 14.1 Å². The molecular formula is C36H38BCl3N8O4. The minimum Gasteiger partial charge on any atom is -0.456 e. The average Bonchev–Trinajstić information content (AvgIpc) is 3.79. The summed E-state index contributed by atoms with van der Waals surface area (Å²) in [6.45, 7) is 8.18. The first-order chi connectivity index (χ1) is 24.6. The highest BCUT2D eigenvalue weighted by Crippen LogP contribution is 2.37. The van der Waals surface area contributed by atoms with Crippen LogP contribution in [0.25, 0.3) is 11.3 Å². The van der Waals surface area contributed by atoms with Gasteiger partial charge in [-0.2, -0.15) is 10.2 Å². The molecule has 0 bridgehead atoms. The summed E-state index contributed by atoms with van der Waals surface area (Å²) < 4.78 is 26.5. The lowest BCUT2D eigenvalue weighted by molar-refractivity contribution is 0.00578. The molecule has 12 nitrogen and oxygen atoms in total. The molecule has 16 heteroatoms. The van der Waals surface area contributed by atoms with Crippen molar-refractivity contribution in [1.29, 1.82) is 0 Å². The standard InChI is InChI=1S/C15H13ClN4O.C11H8Cl2N2O.C10H17BN2O2/c1-20-9-10(8-19-20)15-14(16)13(6-7-18-15)21-12-4-2-11(17)3-5-12;12-10-9(5-6-15-11(10)13)16-8-3-1-7(14)2-4-8;1-9(2)10(3,4)15-11(14-9)8-6-12-13(5)7-8/h2-9H,17H2,1H3;1-6H,14H2;6-7H,1-5H3.